The fourth-order valence-corrected chi connectivity index (χ4v) is 2.18. The van der Waals surface area contributed by atoms with Crippen LogP contribution in [0.2, 0.25) is 0 Å². The van der Waals surface area contributed by atoms with Crippen molar-refractivity contribution in [2.75, 3.05) is 5.73 Å². The molecule has 0 aromatic heterocycles. The van der Waals surface area contributed by atoms with E-state index in [1.165, 1.54) is 0 Å². The van der Waals surface area contributed by atoms with Gasteiger partial charge in [0.25, 0.3) is 5.91 Å². The average molecular weight is 323 g/mol. The van der Waals surface area contributed by atoms with Gasteiger partial charge in [0.2, 0.25) is 0 Å². The average Bonchev–Trinajstić information content (AvgIpc) is 2.47. The molecule has 0 saturated carbocycles. The third-order valence-electron chi connectivity index (χ3n) is 3.45. The number of nitrogens with two attached hydrogens (primary N) is 2. The van der Waals surface area contributed by atoms with Gasteiger partial charge in [-0.2, -0.15) is 0 Å². The van der Waals surface area contributed by atoms with Crippen molar-refractivity contribution in [1.29, 1.82) is 0 Å². The summed E-state index contributed by atoms with van der Waals surface area (Å²) in [5.74, 6) is -1.82. The molecule has 1 aromatic rings. The quantitative estimate of drug-likeness (QED) is 0.430. The molecule has 0 aliphatic heterocycles. The van der Waals surface area contributed by atoms with E-state index in [4.69, 9.17) is 16.6 Å². The van der Waals surface area contributed by atoms with Crippen LogP contribution in [0.1, 0.15) is 25.8 Å². The fraction of sp³-hybridized carbons (Fsp3) is 0.500. The largest absolute Gasteiger partial charge is 0.480 e. The van der Waals surface area contributed by atoms with Crippen LogP contribution in [0.25, 0.3) is 0 Å². The first kappa shape index (κ1) is 18.9. The number of aliphatic carboxylic acids is 1. The van der Waals surface area contributed by atoms with Crippen LogP contribution in [0.15, 0.2) is 24.3 Å². The van der Waals surface area contributed by atoms with E-state index >= 15 is 0 Å². The summed E-state index contributed by atoms with van der Waals surface area (Å²) in [5, 5.41) is 21.5. The Morgan fingerprint density at radius 2 is 1.78 bits per heavy atom. The number of hydrogen-bond donors (Lipinski definition) is 5. The molecule has 1 aromatic carbocycles. The molecule has 7 N–H and O–H groups in total. The van der Waals surface area contributed by atoms with Gasteiger partial charge in [-0.1, -0.05) is 26.0 Å². The number of benzene rings is 1. The topological polar surface area (TPSA) is 139 Å². The van der Waals surface area contributed by atoms with Gasteiger partial charge in [-0.05, 0) is 36.5 Å². The van der Waals surface area contributed by atoms with Gasteiger partial charge in [0.1, 0.15) is 12.1 Å². The summed E-state index contributed by atoms with van der Waals surface area (Å²) in [7, 11) is 0. The van der Waals surface area contributed by atoms with E-state index in [1.54, 1.807) is 24.3 Å². The first-order valence-electron chi connectivity index (χ1n) is 7.52. The van der Waals surface area contributed by atoms with Crippen molar-refractivity contribution >= 4 is 17.6 Å². The maximum Gasteiger partial charge on any atom is 0.326 e. The van der Waals surface area contributed by atoms with Gasteiger partial charge >= 0.3 is 5.97 Å². The molecule has 7 heteroatoms. The van der Waals surface area contributed by atoms with E-state index in [9.17, 15) is 14.7 Å². The predicted molar refractivity (Wildman–Crippen MR) is 87.6 cm³/mol. The molecule has 7 nitrogen and oxygen atoms in total. The summed E-state index contributed by atoms with van der Waals surface area (Å²) in [5.41, 5.74) is 12.9. The zero-order chi connectivity index (χ0) is 17.6. The Labute approximate surface area is 135 Å². The van der Waals surface area contributed by atoms with E-state index in [-0.39, 0.29) is 18.8 Å². The Balaban J connectivity index is 2.63. The van der Waals surface area contributed by atoms with Crippen molar-refractivity contribution in [1.82, 2.24) is 5.32 Å². The molecule has 2 unspecified atom stereocenters. The summed E-state index contributed by atoms with van der Waals surface area (Å²) >= 11 is 0. The summed E-state index contributed by atoms with van der Waals surface area (Å²) in [4.78, 5) is 23.1. The standard InChI is InChI=1S/C16H25N3O4/c1-9(2)7-13(16(22)23)19-15(21)14(20)12(18)8-10-3-5-11(17)6-4-10/h3-6,9,12-14,20H,7-8,17-18H2,1-2H3,(H,19,21)(H,22,23)/t12?,13-,14?/m0/s1. The molecule has 128 valence electrons. The normalized spacial score (nSPS) is 15.0. The van der Waals surface area contributed by atoms with E-state index in [0.29, 0.717) is 5.69 Å². The molecule has 1 amide bonds. The zero-order valence-corrected chi connectivity index (χ0v) is 13.4. The van der Waals surface area contributed by atoms with E-state index in [1.807, 2.05) is 13.8 Å². The number of nitrogens with one attached hydrogen (secondary N) is 1. The van der Waals surface area contributed by atoms with Crippen LogP contribution in [0.4, 0.5) is 5.69 Å². The molecule has 1 rings (SSSR count). The Hall–Kier alpha value is -2.12. The minimum absolute atomic E-state index is 0.0944. The number of carboxylic acids is 1. The third-order valence-corrected chi connectivity index (χ3v) is 3.45. The highest BCUT2D eigenvalue weighted by molar-refractivity contribution is 5.86. The number of carbonyl (C=O) groups is 2. The predicted octanol–water partition coefficient (Wildman–Crippen LogP) is 0.115. The Bertz CT molecular complexity index is 531. The Morgan fingerprint density at radius 1 is 1.22 bits per heavy atom. The lowest BCUT2D eigenvalue weighted by atomic mass is 10.00. The van der Waals surface area contributed by atoms with Crippen LogP contribution < -0.4 is 16.8 Å². The van der Waals surface area contributed by atoms with Crippen LogP contribution in [0, 0.1) is 5.92 Å². The summed E-state index contributed by atoms with van der Waals surface area (Å²) in [6.45, 7) is 3.71. The molecular formula is C16H25N3O4. The van der Waals surface area contributed by atoms with Crippen LogP contribution in [0.3, 0.4) is 0 Å². The van der Waals surface area contributed by atoms with Gasteiger partial charge in [0, 0.05) is 11.7 Å². The number of anilines is 1. The lowest BCUT2D eigenvalue weighted by molar-refractivity contribution is -0.144. The molecule has 0 aliphatic carbocycles. The van der Waals surface area contributed by atoms with Gasteiger partial charge in [-0.25, -0.2) is 4.79 Å². The summed E-state index contributed by atoms with van der Waals surface area (Å²) in [6.07, 6.45) is -0.931. The minimum Gasteiger partial charge on any atom is -0.480 e. The molecular weight excluding hydrogens is 298 g/mol. The number of aliphatic hydroxyl groups is 1. The lowest BCUT2D eigenvalue weighted by Crippen LogP contribution is -2.52. The molecule has 0 fully saturated rings. The van der Waals surface area contributed by atoms with Crippen LogP contribution >= 0.6 is 0 Å². The third kappa shape index (κ3) is 6.25. The highest BCUT2D eigenvalue weighted by Crippen LogP contribution is 2.10. The molecule has 0 heterocycles. The molecule has 0 aliphatic rings. The minimum atomic E-state index is -1.48. The van der Waals surface area contributed by atoms with Gasteiger partial charge in [-0.3, -0.25) is 4.79 Å². The van der Waals surface area contributed by atoms with Crippen molar-refractivity contribution in [3.63, 3.8) is 0 Å². The molecule has 0 radical (unpaired) electrons. The van der Waals surface area contributed by atoms with Crippen molar-refractivity contribution in [2.45, 2.75) is 44.9 Å². The lowest BCUT2D eigenvalue weighted by Gasteiger charge is -2.22. The van der Waals surface area contributed by atoms with Gasteiger partial charge in [0.05, 0.1) is 0 Å². The number of nitrogen functional groups attached to an aromatic ring is 1. The monoisotopic (exact) mass is 323 g/mol. The van der Waals surface area contributed by atoms with Crippen molar-refractivity contribution in [3.05, 3.63) is 29.8 Å². The maximum atomic E-state index is 12.0. The van der Waals surface area contributed by atoms with Crippen molar-refractivity contribution < 1.29 is 19.8 Å². The second-order valence-electron chi connectivity index (χ2n) is 6.08. The molecule has 0 spiro atoms. The number of hydrogen-bond acceptors (Lipinski definition) is 5. The van der Waals surface area contributed by atoms with Gasteiger partial charge < -0.3 is 27.0 Å². The number of rotatable bonds is 8. The molecule has 3 atom stereocenters. The Kier molecular flexibility index (Phi) is 6.99. The van der Waals surface area contributed by atoms with Crippen molar-refractivity contribution in [2.24, 2.45) is 11.7 Å². The number of aliphatic hydroxyl groups excluding tert-OH is 1. The van der Waals surface area contributed by atoms with Gasteiger partial charge in [0.15, 0.2) is 0 Å². The fourth-order valence-electron chi connectivity index (χ4n) is 2.18. The highest BCUT2D eigenvalue weighted by atomic mass is 16.4. The second-order valence-corrected chi connectivity index (χ2v) is 6.08. The maximum absolute atomic E-state index is 12.0. The number of carbonyl (C=O) groups excluding carboxylic acids is 1. The van der Waals surface area contributed by atoms with E-state index < -0.39 is 30.1 Å². The van der Waals surface area contributed by atoms with Crippen LogP contribution in [-0.4, -0.2) is 40.3 Å². The van der Waals surface area contributed by atoms with Gasteiger partial charge in [-0.15, -0.1) is 0 Å². The first-order chi connectivity index (χ1) is 10.7. The Morgan fingerprint density at radius 3 is 2.26 bits per heavy atom. The molecule has 23 heavy (non-hydrogen) atoms. The first-order valence-corrected chi connectivity index (χ1v) is 7.52. The molecule has 0 bridgehead atoms. The molecule has 0 saturated heterocycles. The number of carboxylic acid groups (broad SMARTS) is 1. The summed E-state index contributed by atoms with van der Waals surface area (Å²) < 4.78 is 0. The zero-order valence-electron chi connectivity index (χ0n) is 13.4. The van der Waals surface area contributed by atoms with Crippen LogP contribution in [0.5, 0.6) is 0 Å². The van der Waals surface area contributed by atoms with Crippen LogP contribution in [-0.2, 0) is 16.0 Å². The van der Waals surface area contributed by atoms with Crippen molar-refractivity contribution in [3.8, 4) is 0 Å². The smallest absolute Gasteiger partial charge is 0.326 e. The van der Waals surface area contributed by atoms with E-state index in [0.717, 1.165) is 5.56 Å². The highest BCUT2D eigenvalue weighted by Gasteiger charge is 2.28. The summed E-state index contributed by atoms with van der Waals surface area (Å²) in [6, 6.07) is 5.06. The van der Waals surface area contributed by atoms with E-state index in [2.05, 4.69) is 5.32 Å². The second kappa shape index (κ2) is 8.50. The SMILES string of the molecule is CC(C)C[C@H](NC(=O)C(O)C(N)Cc1ccc(N)cc1)C(=O)O. The number of amides is 1.